The second kappa shape index (κ2) is 4.99. The Balaban J connectivity index is 3.10. The molecule has 0 aliphatic heterocycles. The molecule has 0 aliphatic rings. The summed E-state index contributed by atoms with van der Waals surface area (Å²) in [5, 5.41) is 8.93. The maximum Gasteiger partial charge on any atom is 0.308 e. The normalized spacial score (nSPS) is 14.2. The Morgan fingerprint density at radius 3 is 2.62 bits per heavy atom. The molecule has 1 rings (SSSR count). The van der Waals surface area contributed by atoms with Crippen LogP contribution in [0.1, 0.15) is 24.1 Å². The zero-order valence-corrected chi connectivity index (χ0v) is 9.73. The van der Waals surface area contributed by atoms with E-state index < -0.39 is 17.9 Å². The van der Waals surface area contributed by atoms with Gasteiger partial charge in [0.15, 0.2) is 0 Å². The van der Waals surface area contributed by atoms with Gasteiger partial charge in [0.1, 0.15) is 5.75 Å². The van der Waals surface area contributed by atoms with E-state index in [4.69, 9.17) is 15.6 Å². The van der Waals surface area contributed by atoms with Gasteiger partial charge < -0.3 is 15.6 Å². The van der Waals surface area contributed by atoms with Gasteiger partial charge in [-0.2, -0.15) is 0 Å². The number of hydrogen-bond donors (Lipinski definition) is 2. The molecule has 3 N–H and O–H groups in total. The van der Waals surface area contributed by atoms with E-state index in [-0.39, 0.29) is 0 Å². The third kappa shape index (κ3) is 2.52. The van der Waals surface area contributed by atoms with Gasteiger partial charge in [0.2, 0.25) is 0 Å². The van der Waals surface area contributed by atoms with Crippen molar-refractivity contribution in [3.8, 4) is 5.75 Å². The molecule has 0 spiro atoms. The fourth-order valence-corrected chi connectivity index (χ4v) is 1.54. The lowest BCUT2D eigenvalue weighted by Crippen LogP contribution is -2.26. The Morgan fingerprint density at radius 2 is 2.12 bits per heavy atom. The molecule has 16 heavy (non-hydrogen) atoms. The number of rotatable bonds is 4. The Hall–Kier alpha value is -1.55. The Labute approximate surface area is 95.0 Å². The summed E-state index contributed by atoms with van der Waals surface area (Å²) >= 11 is 0. The van der Waals surface area contributed by atoms with Crippen molar-refractivity contribution in [2.45, 2.75) is 19.9 Å². The van der Waals surface area contributed by atoms with Crippen molar-refractivity contribution >= 4 is 5.97 Å². The summed E-state index contributed by atoms with van der Waals surface area (Å²) in [5.41, 5.74) is 7.69. The topological polar surface area (TPSA) is 72.5 Å². The number of methoxy groups -OCH3 is 1. The number of nitrogens with two attached hydrogens (primary N) is 1. The summed E-state index contributed by atoms with van der Waals surface area (Å²) in [4.78, 5) is 10.9. The van der Waals surface area contributed by atoms with Crippen LogP contribution in [0.5, 0.6) is 5.75 Å². The van der Waals surface area contributed by atoms with Crippen molar-refractivity contribution in [1.29, 1.82) is 0 Å². The van der Waals surface area contributed by atoms with Gasteiger partial charge in [-0.3, -0.25) is 4.79 Å². The van der Waals surface area contributed by atoms with Gasteiger partial charge in [-0.1, -0.05) is 24.6 Å². The first kappa shape index (κ1) is 12.5. The fourth-order valence-electron chi connectivity index (χ4n) is 1.54. The molecule has 2 unspecified atom stereocenters. The van der Waals surface area contributed by atoms with Crippen molar-refractivity contribution in [1.82, 2.24) is 0 Å². The highest BCUT2D eigenvalue weighted by Gasteiger charge is 2.24. The maximum atomic E-state index is 10.9. The molecule has 0 amide bonds. The number of carboxylic acid groups (broad SMARTS) is 1. The van der Waals surface area contributed by atoms with E-state index in [1.165, 1.54) is 0 Å². The van der Waals surface area contributed by atoms with Crippen LogP contribution >= 0.6 is 0 Å². The van der Waals surface area contributed by atoms with Gasteiger partial charge in [0.25, 0.3) is 0 Å². The monoisotopic (exact) mass is 223 g/mol. The van der Waals surface area contributed by atoms with Crippen LogP contribution < -0.4 is 10.5 Å². The van der Waals surface area contributed by atoms with Crippen LogP contribution in [0, 0.1) is 12.8 Å². The molecule has 0 saturated carbocycles. The lowest BCUT2D eigenvalue weighted by Gasteiger charge is -2.19. The minimum atomic E-state index is -0.906. The van der Waals surface area contributed by atoms with Gasteiger partial charge >= 0.3 is 5.97 Å². The second-order valence-corrected chi connectivity index (χ2v) is 3.90. The smallest absolute Gasteiger partial charge is 0.308 e. The highest BCUT2D eigenvalue weighted by molar-refractivity contribution is 5.71. The van der Waals surface area contributed by atoms with Crippen molar-refractivity contribution in [3.63, 3.8) is 0 Å². The summed E-state index contributed by atoms with van der Waals surface area (Å²) in [7, 11) is 1.55. The second-order valence-electron chi connectivity index (χ2n) is 3.90. The van der Waals surface area contributed by atoms with Crippen molar-refractivity contribution < 1.29 is 14.6 Å². The first-order chi connectivity index (χ1) is 7.47. The van der Waals surface area contributed by atoms with E-state index in [0.29, 0.717) is 5.75 Å². The minimum absolute atomic E-state index is 0.563. The predicted molar refractivity (Wildman–Crippen MR) is 61.5 cm³/mol. The molecule has 0 heterocycles. The Kier molecular flexibility index (Phi) is 3.90. The summed E-state index contributed by atoms with van der Waals surface area (Å²) < 4.78 is 5.18. The average molecular weight is 223 g/mol. The van der Waals surface area contributed by atoms with Gasteiger partial charge in [-0.05, 0) is 13.0 Å². The molecule has 0 saturated heterocycles. The van der Waals surface area contributed by atoms with Crippen LogP contribution in [0.15, 0.2) is 18.2 Å². The molecule has 1 aromatic rings. The first-order valence-electron chi connectivity index (χ1n) is 5.10. The molecule has 1 aromatic carbocycles. The van der Waals surface area contributed by atoms with Crippen molar-refractivity contribution in [2.24, 2.45) is 11.7 Å². The zero-order chi connectivity index (χ0) is 12.3. The van der Waals surface area contributed by atoms with Crippen LogP contribution in [0.4, 0.5) is 0 Å². The number of aliphatic carboxylic acids is 1. The predicted octanol–water partition coefficient (Wildman–Crippen LogP) is 1.72. The third-order valence-corrected chi connectivity index (χ3v) is 2.67. The largest absolute Gasteiger partial charge is 0.496 e. The SMILES string of the molecule is COc1ccc(C)cc1C(N)C(C)C(=O)O. The third-order valence-electron chi connectivity index (χ3n) is 2.67. The van der Waals surface area contributed by atoms with E-state index in [1.54, 1.807) is 20.1 Å². The molecular formula is C12H17NO3. The highest BCUT2D eigenvalue weighted by atomic mass is 16.5. The molecule has 0 aliphatic carbocycles. The number of aryl methyl sites for hydroxylation is 1. The molecule has 2 atom stereocenters. The lowest BCUT2D eigenvalue weighted by molar-refractivity contribution is -0.141. The molecule has 0 bridgehead atoms. The number of carbonyl (C=O) groups is 1. The molecule has 0 aromatic heterocycles. The van der Waals surface area contributed by atoms with Gasteiger partial charge in [0.05, 0.1) is 13.0 Å². The van der Waals surface area contributed by atoms with E-state index in [0.717, 1.165) is 11.1 Å². The Bertz CT molecular complexity index is 390. The zero-order valence-electron chi connectivity index (χ0n) is 9.73. The van der Waals surface area contributed by atoms with E-state index in [2.05, 4.69) is 0 Å². The summed E-state index contributed by atoms with van der Waals surface area (Å²) in [6.07, 6.45) is 0. The van der Waals surface area contributed by atoms with Gasteiger partial charge in [-0.15, -0.1) is 0 Å². The van der Waals surface area contributed by atoms with Crippen LogP contribution in [0.3, 0.4) is 0 Å². The quantitative estimate of drug-likeness (QED) is 0.815. The van der Waals surface area contributed by atoms with E-state index in [9.17, 15) is 4.79 Å². The number of hydrogen-bond acceptors (Lipinski definition) is 3. The van der Waals surface area contributed by atoms with E-state index >= 15 is 0 Å². The van der Waals surface area contributed by atoms with Crippen molar-refractivity contribution in [3.05, 3.63) is 29.3 Å². The molecule has 4 nitrogen and oxygen atoms in total. The minimum Gasteiger partial charge on any atom is -0.496 e. The molecule has 0 fully saturated rings. The summed E-state index contributed by atoms with van der Waals surface area (Å²) in [6, 6.07) is 5.01. The molecular weight excluding hydrogens is 206 g/mol. The van der Waals surface area contributed by atoms with Crippen LogP contribution in [0.2, 0.25) is 0 Å². The number of ether oxygens (including phenoxy) is 1. The van der Waals surface area contributed by atoms with Crippen LogP contribution in [0.25, 0.3) is 0 Å². The summed E-state index contributed by atoms with van der Waals surface area (Å²) in [5.74, 6) is -0.919. The molecule has 4 heteroatoms. The van der Waals surface area contributed by atoms with Crippen LogP contribution in [-0.4, -0.2) is 18.2 Å². The fraction of sp³-hybridized carbons (Fsp3) is 0.417. The lowest BCUT2D eigenvalue weighted by atomic mass is 9.93. The van der Waals surface area contributed by atoms with Gasteiger partial charge in [0, 0.05) is 11.6 Å². The Morgan fingerprint density at radius 1 is 1.50 bits per heavy atom. The standard InChI is InChI=1S/C12H17NO3/c1-7-4-5-10(16-3)9(6-7)11(13)8(2)12(14)15/h4-6,8,11H,13H2,1-3H3,(H,14,15). The molecule has 88 valence electrons. The average Bonchev–Trinajstić information content (AvgIpc) is 2.26. The first-order valence-corrected chi connectivity index (χ1v) is 5.10. The number of benzene rings is 1. The maximum absolute atomic E-state index is 10.9. The number of carboxylic acids is 1. The molecule has 0 radical (unpaired) electrons. The highest BCUT2D eigenvalue weighted by Crippen LogP contribution is 2.29. The summed E-state index contributed by atoms with van der Waals surface area (Å²) in [6.45, 7) is 3.52. The van der Waals surface area contributed by atoms with Gasteiger partial charge in [-0.25, -0.2) is 0 Å². The van der Waals surface area contributed by atoms with Crippen molar-refractivity contribution in [2.75, 3.05) is 7.11 Å². The van der Waals surface area contributed by atoms with Crippen LogP contribution in [-0.2, 0) is 4.79 Å². The van der Waals surface area contributed by atoms with E-state index in [1.807, 2.05) is 19.1 Å².